The molecule has 2 amide bonds. The van der Waals surface area contributed by atoms with Crippen molar-refractivity contribution in [2.24, 2.45) is 0 Å². The van der Waals surface area contributed by atoms with Gasteiger partial charge in [-0.15, -0.1) is 0 Å². The van der Waals surface area contributed by atoms with Crippen LogP contribution in [0.25, 0.3) is 0 Å². The molecule has 2 fully saturated rings. The molecular weight excluding hydrogens is 420 g/mol. The highest BCUT2D eigenvalue weighted by atomic mass is 35.5. The second-order valence-corrected chi connectivity index (χ2v) is 7.93. The third kappa shape index (κ3) is 4.71. The maximum atomic E-state index is 12.8. The molecule has 0 radical (unpaired) electrons. The van der Waals surface area contributed by atoms with Gasteiger partial charge in [0.2, 0.25) is 0 Å². The Kier molecular flexibility index (Phi) is 6.50. The second kappa shape index (κ2) is 9.47. The van der Waals surface area contributed by atoms with Crippen LogP contribution in [0.2, 0.25) is 5.02 Å². The molecule has 10 heteroatoms. The van der Waals surface area contributed by atoms with Gasteiger partial charge in [0.05, 0.1) is 24.9 Å². The first-order valence-corrected chi connectivity index (χ1v) is 10.8. The number of aromatic nitrogens is 2. The number of carbonyl (C=O) groups excluding carboxylic acids is 1. The van der Waals surface area contributed by atoms with Gasteiger partial charge >= 0.3 is 6.03 Å². The Bertz CT molecular complexity index is 929. The molecule has 166 valence electrons. The van der Waals surface area contributed by atoms with Crippen LogP contribution in [0.15, 0.2) is 24.5 Å². The van der Waals surface area contributed by atoms with E-state index in [1.54, 1.807) is 23.4 Å². The van der Waals surface area contributed by atoms with Crippen molar-refractivity contribution in [1.82, 2.24) is 14.9 Å². The first kappa shape index (κ1) is 21.3. The van der Waals surface area contributed by atoms with Crippen molar-refractivity contribution in [2.75, 3.05) is 68.6 Å². The van der Waals surface area contributed by atoms with E-state index in [0.717, 1.165) is 24.7 Å². The summed E-state index contributed by atoms with van der Waals surface area (Å²) in [6, 6.07) is 5.14. The molecule has 0 atom stereocenters. The summed E-state index contributed by atoms with van der Waals surface area (Å²) in [7, 11) is 3.07. The Hall–Kier alpha value is -2.94. The number of amides is 2. The highest BCUT2D eigenvalue weighted by molar-refractivity contribution is 6.32. The lowest BCUT2D eigenvalue weighted by Crippen LogP contribution is -2.50. The molecule has 1 aromatic carbocycles. The van der Waals surface area contributed by atoms with Crippen molar-refractivity contribution in [1.29, 1.82) is 0 Å². The molecule has 9 nitrogen and oxygen atoms in total. The topological polar surface area (TPSA) is 83.1 Å². The highest BCUT2D eigenvalue weighted by Crippen LogP contribution is 2.36. The summed E-state index contributed by atoms with van der Waals surface area (Å²) in [5.74, 6) is 2.86. The van der Waals surface area contributed by atoms with Crippen LogP contribution < -0.4 is 24.6 Å². The van der Waals surface area contributed by atoms with Gasteiger partial charge in [0, 0.05) is 51.4 Å². The molecule has 31 heavy (non-hydrogen) atoms. The summed E-state index contributed by atoms with van der Waals surface area (Å²) in [5, 5.41) is 3.30. The van der Waals surface area contributed by atoms with Crippen LogP contribution in [-0.2, 0) is 0 Å². The van der Waals surface area contributed by atoms with Crippen molar-refractivity contribution in [2.45, 2.75) is 12.8 Å². The lowest BCUT2D eigenvalue weighted by Gasteiger charge is -2.35. The molecule has 2 saturated heterocycles. The zero-order valence-electron chi connectivity index (χ0n) is 17.8. The first-order chi connectivity index (χ1) is 15.1. The van der Waals surface area contributed by atoms with E-state index in [-0.39, 0.29) is 6.03 Å². The predicted molar refractivity (Wildman–Crippen MR) is 121 cm³/mol. The number of ether oxygens (including phenoxy) is 2. The van der Waals surface area contributed by atoms with E-state index < -0.39 is 0 Å². The monoisotopic (exact) mass is 446 g/mol. The molecular formula is C21H27ClN6O3. The molecule has 0 spiro atoms. The van der Waals surface area contributed by atoms with E-state index in [1.165, 1.54) is 27.1 Å². The number of anilines is 3. The number of carbonyl (C=O) groups is 1. The maximum absolute atomic E-state index is 12.8. The van der Waals surface area contributed by atoms with Crippen LogP contribution in [0.4, 0.5) is 22.1 Å². The van der Waals surface area contributed by atoms with Crippen molar-refractivity contribution in [3.05, 3.63) is 29.5 Å². The molecule has 0 unspecified atom stereocenters. The highest BCUT2D eigenvalue weighted by Gasteiger charge is 2.24. The summed E-state index contributed by atoms with van der Waals surface area (Å²) in [6.07, 6.45) is 4.04. The predicted octanol–water partition coefficient (Wildman–Crippen LogP) is 3.10. The minimum atomic E-state index is -0.195. The normalized spacial score (nSPS) is 16.4. The average molecular weight is 447 g/mol. The van der Waals surface area contributed by atoms with E-state index in [0.29, 0.717) is 48.4 Å². The number of urea groups is 1. The summed E-state index contributed by atoms with van der Waals surface area (Å²) in [6.45, 7) is 4.66. The molecule has 0 aliphatic carbocycles. The average Bonchev–Trinajstić information content (AvgIpc) is 3.34. The largest absolute Gasteiger partial charge is 0.495 e. The zero-order valence-corrected chi connectivity index (χ0v) is 18.6. The SMILES string of the molecule is COc1cc(OC)c(NC(=O)N2CCN(c3cc(N4CCCC4)ncn3)CC2)cc1Cl. The number of piperazine rings is 1. The Morgan fingerprint density at radius 2 is 1.52 bits per heavy atom. The van der Waals surface area contributed by atoms with Crippen LogP contribution in [0.1, 0.15) is 12.8 Å². The third-order valence-electron chi connectivity index (χ3n) is 5.67. The van der Waals surface area contributed by atoms with E-state index in [9.17, 15) is 4.79 Å². The molecule has 0 saturated carbocycles. The van der Waals surface area contributed by atoms with Crippen LogP contribution in [0, 0.1) is 0 Å². The molecule has 2 aliphatic rings. The van der Waals surface area contributed by atoms with Gasteiger partial charge in [-0.25, -0.2) is 14.8 Å². The lowest BCUT2D eigenvalue weighted by molar-refractivity contribution is 0.208. The fourth-order valence-corrected chi connectivity index (χ4v) is 4.16. The Labute approximate surface area is 186 Å². The number of methoxy groups -OCH3 is 2. The maximum Gasteiger partial charge on any atom is 0.322 e. The van der Waals surface area contributed by atoms with Crippen molar-refractivity contribution in [3.63, 3.8) is 0 Å². The van der Waals surface area contributed by atoms with E-state index in [2.05, 4.69) is 25.1 Å². The van der Waals surface area contributed by atoms with E-state index >= 15 is 0 Å². The van der Waals surface area contributed by atoms with E-state index in [4.69, 9.17) is 21.1 Å². The molecule has 3 heterocycles. The fourth-order valence-electron chi connectivity index (χ4n) is 3.92. The van der Waals surface area contributed by atoms with Gasteiger partial charge in [-0.3, -0.25) is 0 Å². The van der Waals surface area contributed by atoms with Crippen molar-refractivity contribution < 1.29 is 14.3 Å². The number of nitrogens with one attached hydrogen (secondary N) is 1. The minimum absolute atomic E-state index is 0.195. The van der Waals surface area contributed by atoms with Gasteiger partial charge < -0.3 is 29.5 Å². The van der Waals surface area contributed by atoms with Gasteiger partial charge in [0.25, 0.3) is 0 Å². The summed E-state index contributed by atoms with van der Waals surface area (Å²) >= 11 is 6.21. The summed E-state index contributed by atoms with van der Waals surface area (Å²) < 4.78 is 10.6. The summed E-state index contributed by atoms with van der Waals surface area (Å²) in [4.78, 5) is 27.9. The number of nitrogens with zero attached hydrogens (tertiary/aromatic N) is 5. The van der Waals surface area contributed by atoms with Crippen molar-refractivity contribution >= 4 is 35.0 Å². The summed E-state index contributed by atoms with van der Waals surface area (Å²) in [5.41, 5.74) is 0.506. The minimum Gasteiger partial charge on any atom is -0.495 e. The van der Waals surface area contributed by atoms with Crippen LogP contribution in [0.3, 0.4) is 0 Å². The number of benzene rings is 1. The Morgan fingerprint density at radius 1 is 0.903 bits per heavy atom. The Morgan fingerprint density at radius 3 is 2.13 bits per heavy atom. The fraction of sp³-hybridized carbons (Fsp3) is 0.476. The number of hydrogen-bond donors (Lipinski definition) is 1. The standard InChI is InChI=1S/C21H27ClN6O3/c1-30-17-12-18(31-2)16(11-15(17)22)25-21(29)28-9-7-27(8-10-28)20-13-19(23-14-24-20)26-5-3-4-6-26/h11-14H,3-10H2,1-2H3,(H,25,29). The third-order valence-corrected chi connectivity index (χ3v) is 5.97. The molecule has 4 rings (SSSR count). The molecule has 2 aliphatic heterocycles. The second-order valence-electron chi connectivity index (χ2n) is 7.52. The number of halogens is 1. The molecule has 1 N–H and O–H groups in total. The number of hydrogen-bond acceptors (Lipinski definition) is 7. The van der Waals surface area contributed by atoms with Gasteiger partial charge in [0.1, 0.15) is 29.5 Å². The van der Waals surface area contributed by atoms with Crippen LogP contribution >= 0.6 is 11.6 Å². The van der Waals surface area contributed by atoms with Gasteiger partial charge in [-0.05, 0) is 18.9 Å². The Balaban J connectivity index is 1.37. The molecule has 0 bridgehead atoms. The van der Waals surface area contributed by atoms with Gasteiger partial charge in [-0.1, -0.05) is 11.6 Å². The van der Waals surface area contributed by atoms with Crippen LogP contribution in [0.5, 0.6) is 11.5 Å². The smallest absolute Gasteiger partial charge is 0.322 e. The van der Waals surface area contributed by atoms with Crippen molar-refractivity contribution in [3.8, 4) is 11.5 Å². The number of rotatable bonds is 5. The zero-order chi connectivity index (χ0) is 21.8. The lowest BCUT2D eigenvalue weighted by atomic mass is 10.2. The van der Waals surface area contributed by atoms with Gasteiger partial charge in [-0.2, -0.15) is 0 Å². The quantitative estimate of drug-likeness (QED) is 0.755. The molecule has 1 aromatic heterocycles. The van der Waals surface area contributed by atoms with Gasteiger partial charge in [0.15, 0.2) is 0 Å². The van der Waals surface area contributed by atoms with Crippen LogP contribution in [-0.4, -0.2) is 74.4 Å². The first-order valence-electron chi connectivity index (χ1n) is 10.4. The molecule has 2 aromatic rings. The van der Waals surface area contributed by atoms with E-state index in [1.807, 2.05) is 6.07 Å².